The van der Waals surface area contributed by atoms with Gasteiger partial charge in [-0.1, -0.05) is 72.0 Å². The first-order chi connectivity index (χ1) is 10.7. The highest BCUT2D eigenvalue weighted by Gasteiger charge is 2.13. The Kier molecular flexibility index (Phi) is 4.11. The first-order valence-electron chi connectivity index (χ1n) is 7.00. The highest BCUT2D eigenvalue weighted by atomic mass is 35.5. The molecule has 0 spiro atoms. The van der Waals surface area contributed by atoms with Crippen molar-refractivity contribution in [2.45, 2.75) is 13.0 Å². The third-order valence-corrected chi connectivity index (χ3v) is 3.67. The maximum absolute atomic E-state index is 9.44. The van der Waals surface area contributed by atoms with Crippen LogP contribution in [0.1, 0.15) is 12.5 Å². The molecule has 3 aromatic rings. The van der Waals surface area contributed by atoms with E-state index in [2.05, 4.69) is 11.8 Å². The van der Waals surface area contributed by atoms with Gasteiger partial charge in [-0.3, -0.25) is 0 Å². The maximum Gasteiger partial charge on any atom is 0.112 e. The molecule has 0 aliphatic carbocycles. The molecule has 2 nitrogen and oxygen atoms in total. The molecule has 2 aromatic carbocycles. The number of aliphatic hydroxyl groups excluding tert-OH is 1. The number of para-hydroxylation sites is 1. The third kappa shape index (κ3) is 2.82. The van der Waals surface area contributed by atoms with Crippen molar-refractivity contribution >= 4 is 22.5 Å². The number of hydrogen-bond donors (Lipinski definition) is 1. The molecule has 0 saturated heterocycles. The van der Waals surface area contributed by atoms with E-state index in [0.717, 1.165) is 22.2 Å². The molecule has 0 saturated carbocycles. The number of benzene rings is 2. The van der Waals surface area contributed by atoms with Crippen LogP contribution < -0.4 is 0 Å². The second kappa shape index (κ2) is 6.19. The highest BCUT2D eigenvalue weighted by Crippen LogP contribution is 2.32. The summed E-state index contributed by atoms with van der Waals surface area (Å²) in [6, 6.07) is 17.5. The monoisotopic (exact) mass is 307 g/mol. The van der Waals surface area contributed by atoms with Gasteiger partial charge in [0.1, 0.15) is 6.10 Å². The van der Waals surface area contributed by atoms with E-state index < -0.39 is 6.10 Å². The van der Waals surface area contributed by atoms with E-state index in [0.29, 0.717) is 10.6 Å². The van der Waals surface area contributed by atoms with Crippen molar-refractivity contribution in [3.05, 3.63) is 65.2 Å². The molecule has 1 N–H and O–H groups in total. The number of fused-ring (bicyclic) bond motifs is 1. The maximum atomic E-state index is 9.44. The fraction of sp³-hybridized carbons (Fsp3) is 0.105. The normalized spacial score (nSPS) is 11.8. The van der Waals surface area contributed by atoms with Crippen LogP contribution in [0, 0.1) is 11.8 Å². The van der Waals surface area contributed by atoms with Crippen LogP contribution in [-0.2, 0) is 0 Å². The molecule has 0 bridgehead atoms. The summed E-state index contributed by atoms with van der Waals surface area (Å²) >= 11 is 6.56. The smallest absolute Gasteiger partial charge is 0.112 e. The lowest BCUT2D eigenvalue weighted by Gasteiger charge is -2.09. The van der Waals surface area contributed by atoms with Gasteiger partial charge in [0.2, 0.25) is 0 Å². The zero-order chi connectivity index (χ0) is 15.5. The lowest BCUT2D eigenvalue weighted by molar-refractivity contribution is 0.253. The van der Waals surface area contributed by atoms with E-state index >= 15 is 0 Å². The summed E-state index contributed by atoms with van der Waals surface area (Å²) < 4.78 is 0. The van der Waals surface area contributed by atoms with Gasteiger partial charge in [-0.25, -0.2) is 4.98 Å². The predicted octanol–water partition coefficient (Wildman–Crippen LogP) is 4.29. The number of rotatable bonds is 1. The van der Waals surface area contributed by atoms with E-state index in [4.69, 9.17) is 16.6 Å². The molecular formula is C19H14ClNO. The van der Waals surface area contributed by atoms with Crippen molar-refractivity contribution < 1.29 is 5.11 Å². The molecule has 1 heterocycles. The summed E-state index contributed by atoms with van der Waals surface area (Å²) in [5, 5.41) is 10.9. The van der Waals surface area contributed by atoms with E-state index in [1.165, 1.54) is 0 Å². The van der Waals surface area contributed by atoms with Gasteiger partial charge in [-0.2, -0.15) is 0 Å². The topological polar surface area (TPSA) is 33.1 Å². The largest absolute Gasteiger partial charge is 0.381 e. The number of pyridine rings is 1. The van der Waals surface area contributed by atoms with Gasteiger partial charge in [0.25, 0.3) is 0 Å². The SMILES string of the molecule is CC(O)C#Cc1c(-c2ccccc2)nc2ccccc2c1Cl. The van der Waals surface area contributed by atoms with Gasteiger partial charge < -0.3 is 5.11 Å². The van der Waals surface area contributed by atoms with Crippen molar-refractivity contribution in [1.82, 2.24) is 4.98 Å². The molecule has 108 valence electrons. The molecule has 0 aliphatic rings. The number of aliphatic hydroxyl groups is 1. The Morgan fingerprint density at radius 2 is 1.73 bits per heavy atom. The molecule has 22 heavy (non-hydrogen) atoms. The van der Waals surface area contributed by atoms with Crippen LogP contribution in [0.2, 0.25) is 5.02 Å². The first-order valence-corrected chi connectivity index (χ1v) is 7.38. The van der Waals surface area contributed by atoms with Crippen LogP contribution in [0.25, 0.3) is 22.2 Å². The second-order valence-electron chi connectivity index (χ2n) is 4.98. The van der Waals surface area contributed by atoms with E-state index in [1.54, 1.807) is 6.92 Å². The molecular weight excluding hydrogens is 294 g/mol. The Morgan fingerprint density at radius 1 is 1.05 bits per heavy atom. The van der Waals surface area contributed by atoms with Gasteiger partial charge >= 0.3 is 0 Å². The molecule has 0 amide bonds. The molecule has 1 atom stereocenters. The van der Waals surface area contributed by atoms with Crippen LogP contribution in [0.4, 0.5) is 0 Å². The van der Waals surface area contributed by atoms with Crippen molar-refractivity contribution in [2.24, 2.45) is 0 Å². The third-order valence-electron chi connectivity index (χ3n) is 3.28. The zero-order valence-corrected chi connectivity index (χ0v) is 12.8. The van der Waals surface area contributed by atoms with Crippen LogP contribution in [0.5, 0.6) is 0 Å². The molecule has 1 aromatic heterocycles. The van der Waals surface area contributed by atoms with Crippen molar-refractivity contribution in [3.63, 3.8) is 0 Å². The Labute approximate surface area is 134 Å². The summed E-state index contributed by atoms with van der Waals surface area (Å²) in [6.45, 7) is 1.62. The number of hydrogen-bond acceptors (Lipinski definition) is 2. The summed E-state index contributed by atoms with van der Waals surface area (Å²) in [6.07, 6.45) is -0.717. The summed E-state index contributed by atoms with van der Waals surface area (Å²) in [7, 11) is 0. The Hall–Kier alpha value is -2.34. The lowest BCUT2D eigenvalue weighted by Crippen LogP contribution is -1.96. The van der Waals surface area contributed by atoms with Crippen LogP contribution in [0.15, 0.2) is 54.6 Å². The van der Waals surface area contributed by atoms with Crippen molar-refractivity contribution in [1.29, 1.82) is 0 Å². The Balaban J connectivity index is 2.34. The van der Waals surface area contributed by atoms with Gasteiger partial charge in [-0.05, 0) is 13.0 Å². The number of aromatic nitrogens is 1. The fourth-order valence-corrected chi connectivity index (χ4v) is 2.56. The number of halogens is 1. The molecule has 3 heteroatoms. The zero-order valence-electron chi connectivity index (χ0n) is 12.0. The summed E-state index contributed by atoms with van der Waals surface area (Å²) in [4.78, 5) is 4.72. The first kappa shape index (κ1) is 14.6. The van der Waals surface area contributed by atoms with Gasteiger partial charge in [-0.15, -0.1) is 0 Å². The Bertz CT molecular complexity index is 876. The lowest BCUT2D eigenvalue weighted by atomic mass is 10.0. The van der Waals surface area contributed by atoms with Crippen LogP contribution in [0.3, 0.4) is 0 Å². The van der Waals surface area contributed by atoms with E-state index in [9.17, 15) is 5.11 Å². The van der Waals surface area contributed by atoms with Gasteiger partial charge in [0, 0.05) is 10.9 Å². The van der Waals surface area contributed by atoms with Crippen molar-refractivity contribution in [2.75, 3.05) is 0 Å². The van der Waals surface area contributed by atoms with E-state index in [1.807, 2.05) is 54.6 Å². The quantitative estimate of drug-likeness (QED) is 0.680. The molecule has 0 fully saturated rings. The van der Waals surface area contributed by atoms with Gasteiger partial charge in [0.15, 0.2) is 0 Å². The molecule has 0 radical (unpaired) electrons. The molecule has 3 rings (SSSR count). The minimum absolute atomic E-state index is 0.567. The molecule has 1 unspecified atom stereocenters. The van der Waals surface area contributed by atoms with Gasteiger partial charge in [0.05, 0.1) is 21.8 Å². The highest BCUT2D eigenvalue weighted by molar-refractivity contribution is 6.37. The van der Waals surface area contributed by atoms with Crippen LogP contribution in [-0.4, -0.2) is 16.2 Å². The summed E-state index contributed by atoms with van der Waals surface area (Å²) in [5.74, 6) is 5.74. The average Bonchev–Trinajstić information content (AvgIpc) is 2.54. The standard InChI is InChI=1S/C19H14ClNO/c1-13(22)11-12-16-18(20)15-9-5-6-10-17(15)21-19(16)14-7-3-2-4-8-14/h2-10,13,22H,1H3. The summed E-state index contributed by atoms with van der Waals surface area (Å²) in [5.41, 5.74) is 3.16. The fourth-order valence-electron chi connectivity index (χ4n) is 2.27. The minimum Gasteiger partial charge on any atom is -0.381 e. The minimum atomic E-state index is -0.717. The number of nitrogens with zero attached hydrogens (tertiary/aromatic N) is 1. The van der Waals surface area contributed by atoms with Crippen molar-refractivity contribution in [3.8, 4) is 23.1 Å². The predicted molar refractivity (Wildman–Crippen MR) is 90.7 cm³/mol. The van der Waals surface area contributed by atoms with E-state index in [-0.39, 0.29) is 0 Å². The molecule has 0 aliphatic heterocycles. The Morgan fingerprint density at radius 3 is 2.45 bits per heavy atom. The van der Waals surface area contributed by atoms with Crippen LogP contribution >= 0.6 is 11.6 Å². The average molecular weight is 308 g/mol. The second-order valence-corrected chi connectivity index (χ2v) is 5.36.